The summed E-state index contributed by atoms with van der Waals surface area (Å²) in [5.41, 5.74) is 1.99. The number of hydrogen-bond donors (Lipinski definition) is 2. The Bertz CT molecular complexity index is 1490. The Balaban J connectivity index is 1.45. The van der Waals surface area contributed by atoms with Crippen LogP contribution in [-0.4, -0.2) is 77.7 Å². The molecule has 2 aromatic rings. The number of carbonyl (C=O) groups excluding carboxylic acids is 4. The molecule has 1 spiro atoms. The first kappa shape index (κ1) is 33.1. The van der Waals surface area contributed by atoms with E-state index in [0.717, 1.165) is 11.1 Å². The fourth-order valence-electron chi connectivity index (χ4n) is 7.28. The summed E-state index contributed by atoms with van der Waals surface area (Å²) in [6.07, 6.45) is 3.55. The standard InChI is InChI=1S/C36H43N3O7/c1-5-7-13-29(41)37-22-28(25-11-9-8-10-12-25)45-35(44)30-27-16-17-36(46-27)31(30)33(42)39(19-20-40)32(36)34(43)38(18-6-2)26-21-23(3)14-15-24(26)4/h5-6,8-12,14-15,21,27-28,30-32,40H,1-2,7,13,16-20,22H2,3-4H3,(H,37,41)/t27-,28+,30+,31+,32-,36+/m0/s1. The third kappa shape index (κ3) is 6.11. The van der Waals surface area contributed by atoms with E-state index in [4.69, 9.17) is 9.47 Å². The van der Waals surface area contributed by atoms with Crippen LogP contribution in [0.1, 0.15) is 48.5 Å². The summed E-state index contributed by atoms with van der Waals surface area (Å²) in [6.45, 7) is 11.2. The van der Waals surface area contributed by atoms with Crippen molar-refractivity contribution in [1.82, 2.24) is 10.2 Å². The van der Waals surface area contributed by atoms with Crippen molar-refractivity contribution in [3.63, 3.8) is 0 Å². The summed E-state index contributed by atoms with van der Waals surface area (Å²) in [4.78, 5) is 58.2. The molecular formula is C36H43N3O7. The molecule has 3 fully saturated rings. The van der Waals surface area contributed by atoms with E-state index in [9.17, 15) is 24.3 Å². The van der Waals surface area contributed by atoms with E-state index in [-0.39, 0.29) is 44.5 Å². The van der Waals surface area contributed by atoms with Crippen LogP contribution in [-0.2, 0) is 28.7 Å². The number of β-amino-alcohol motifs (C(OH)–C–C–N with tert-alkyl or cyclic N) is 1. The minimum Gasteiger partial charge on any atom is -0.455 e. The van der Waals surface area contributed by atoms with Gasteiger partial charge in [-0.05, 0) is 55.9 Å². The number of fused-ring (bicyclic) bond motifs is 1. The number of aryl methyl sites for hydroxylation is 2. The lowest BCUT2D eigenvalue weighted by Crippen LogP contribution is -2.57. The van der Waals surface area contributed by atoms with Crippen LogP contribution in [0.2, 0.25) is 0 Å². The SMILES string of the molecule is C=CCCC(=O)NC[C@@H](OC(=O)[C@@H]1[C@@H]2CC[C@]3(O2)[C@H](C(=O)N(CC=C)c2cc(C)ccc2C)N(CCO)C(=O)[C@@H]13)c1ccccc1. The average Bonchev–Trinajstić information content (AvgIpc) is 3.69. The van der Waals surface area contributed by atoms with E-state index in [0.29, 0.717) is 30.5 Å². The minimum atomic E-state index is -1.25. The Morgan fingerprint density at radius 3 is 2.63 bits per heavy atom. The van der Waals surface area contributed by atoms with Crippen molar-refractivity contribution < 1.29 is 33.8 Å². The highest BCUT2D eigenvalue weighted by Gasteiger charge is 2.75. The molecule has 2 aromatic carbocycles. The molecule has 3 amide bonds. The quantitative estimate of drug-likeness (QED) is 0.242. The number of nitrogens with zero attached hydrogens (tertiary/aromatic N) is 2. The first-order valence-corrected chi connectivity index (χ1v) is 15.9. The van der Waals surface area contributed by atoms with E-state index >= 15 is 0 Å². The summed E-state index contributed by atoms with van der Waals surface area (Å²) >= 11 is 0. The normalized spacial score (nSPS) is 25.1. The number of anilines is 1. The maximum absolute atomic E-state index is 14.6. The number of aliphatic hydroxyl groups excluding tert-OH is 1. The fourth-order valence-corrected chi connectivity index (χ4v) is 7.28. The summed E-state index contributed by atoms with van der Waals surface area (Å²) < 4.78 is 12.6. The van der Waals surface area contributed by atoms with Crippen LogP contribution in [0.15, 0.2) is 73.8 Å². The zero-order valence-corrected chi connectivity index (χ0v) is 26.5. The molecule has 0 aromatic heterocycles. The van der Waals surface area contributed by atoms with Crippen molar-refractivity contribution >= 4 is 29.4 Å². The number of rotatable bonds is 14. The number of ether oxygens (including phenoxy) is 2. The zero-order valence-electron chi connectivity index (χ0n) is 26.5. The third-order valence-electron chi connectivity index (χ3n) is 9.37. The lowest BCUT2D eigenvalue weighted by atomic mass is 9.70. The molecule has 3 heterocycles. The maximum Gasteiger partial charge on any atom is 0.313 e. The molecule has 3 aliphatic rings. The highest BCUT2D eigenvalue weighted by atomic mass is 16.6. The van der Waals surface area contributed by atoms with E-state index in [2.05, 4.69) is 18.5 Å². The predicted molar refractivity (Wildman–Crippen MR) is 173 cm³/mol. The van der Waals surface area contributed by atoms with Gasteiger partial charge in [0.05, 0.1) is 31.1 Å². The zero-order chi connectivity index (χ0) is 33.0. The number of likely N-dealkylation sites (tertiary alicyclic amines) is 1. The molecule has 10 nitrogen and oxygen atoms in total. The van der Waals surface area contributed by atoms with Crippen molar-refractivity contribution in [3.8, 4) is 0 Å². The molecule has 0 unspecified atom stereocenters. The third-order valence-corrected chi connectivity index (χ3v) is 9.37. The number of aliphatic hydroxyl groups is 1. The van der Waals surface area contributed by atoms with Gasteiger partial charge in [0.25, 0.3) is 5.91 Å². The smallest absolute Gasteiger partial charge is 0.313 e. The molecule has 2 bridgehead atoms. The molecule has 244 valence electrons. The first-order chi connectivity index (χ1) is 22.2. The van der Waals surface area contributed by atoms with Crippen molar-refractivity contribution in [3.05, 3.63) is 90.5 Å². The average molecular weight is 630 g/mol. The molecule has 10 heteroatoms. The van der Waals surface area contributed by atoms with Gasteiger partial charge < -0.3 is 29.7 Å². The monoisotopic (exact) mass is 629 g/mol. The topological polar surface area (TPSA) is 125 Å². The van der Waals surface area contributed by atoms with Crippen molar-refractivity contribution in [2.24, 2.45) is 11.8 Å². The Morgan fingerprint density at radius 2 is 1.93 bits per heavy atom. The van der Waals surface area contributed by atoms with Gasteiger partial charge in [-0.15, -0.1) is 13.2 Å². The molecule has 46 heavy (non-hydrogen) atoms. The summed E-state index contributed by atoms with van der Waals surface area (Å²) in [7, 11) is 0. The Labute approximate surface area is 270 Å². The van der Waals surface area contributed by atoms with Crippen LogP contribution in [0.3, 0.4) is 0 Å². The molecule has 0 aliphatic carbocycles. The second kappa shape index (κ2) is 14.0. The minimum absolute atomic E-state index is 0.0534. The second-order valence-corrected chi connectivity index (χ2v) is 12.3. The molecule has 5 rings (SSSR count). The van der Waals surface area contributed by atoms with Crippen LogP contribution in [0, 0.1) is 25.7 Å². The number of esters is 1. The number of allylic oxidation sites excluding steroid dienone is 1. The second-order valence-electron chi connectivity index (χ2n) is 12.3. The lowest BCUT2D eigenvalue weighted by Gasteiger charge is -2.37. The van der Waals surface area contributed by atoms with Gasteiger partial charge in [0, 0.05) is 25.2 Å². The van der Waals surface area contributed by atoms with Crippen LogP contribution < -0.4 is 10.2 Å². The highest BCUT2D eigenvalue weighted by Crippen LogP contribution is 2.59. The molecule has 3 saturated heterocycles. The molecule has 0 radical (unpaired) electrons. The van der Waals surface area contributed by atoms with Crippen molar-refractivity contribution in [1.29, 1.82) is 0 Å². The molecular weight excluding hydrogens is 586 g/mol. The van der Waals surface area contributed by atoms with Crippen LogP contribution in [0.4, 0.5) is 5.69 Å². The number of nitrogens with one attached hydrogen (secondary N) is 1. The van der Waals surface area contributed by atoms with Gasteiger partial charge in [-0.2, -0.15) is 0 Å². The van der Waals surface area contributed by atoms with Crippen LogP contribution in [0.5, 0.6) is 0 Å². The van der Waals surface area contributed by atoms with Crippen LogP contribution >= 0.6 is 0 Å². The Kier molecular flexibility index (Phi) is 10.1. The lowest BCUT2D eigenvalue weighted by molar-refractivity contribution is -0.160. The van der Waals surface area contributed by atoms with E-state index in [1.54, 1.807) is 17.1 Å². The molecule has 6 atom stereocenters. The Morgan fingerprint density at radius 1 is 1.17 bits per heavy atom. The van der Waals surface area contributed by atoms with Crippen molar-refractivity contribution in [2.75, 3.05) is 31.1 Å². The maximum atomic E-state index is 14.6. The van der Waals surface area contributed by atoms with Crippen molar-refractivity contribution in [2.45, 2.75) is 63.4 Å². The number of hydrogen-bond acceptors (Lipinski definition) is 7. The Hall–Kier alpha value is -4.28. The van der Waals surface area contributed by atoms with Gasteiger partial charge >= 0.3 is 5.97 Å². The molecule has 2 N–H and O–H groups in total. The van der Waals surface area contributed by atoms with Crippen LogP contribution in [0.25, 0.3) is 0 Å². The van der Waals surface area contributed by atoms with Gasteiger partial charge in [-0.25, -0.2) is 0 Å². The van der Waals surface area contributed by atoms with E-state index in [1.165, 1.54) is 4.90 Å². The van der Waals surface area contributed by atoms with E-state index < -0.39 is 47.6 Å². The van der Waals surface area contributed by atoms with Gasteiger partial charge in [0.15, 0.2) is 0 Å². The number of benzene rings is 2. The van der Waals surface area contributed by atoms with Gasteiger partial charge in [0.1, 0.15) is 17.7 Å². The highest BCUT2D eigenvalue weighted by molar-refractivity contribution is 6.05. The number of amides is 3. The summed E-state index contributed by atoms with van der Waals surface area (Å²) in [6, 6.07) is 13.9. The molecule has 0 saturated carbocycles. The summed E-state index contributed by atoms with van der Waals surface area (Å²) in [5.74, 6) is -3.48. The van der Waals surface area contributed by atoms with Gasteiger partial charge in [-0.3, -0.25) is 19.2 Å². The van der Waals surface area contributed by atoms with E-state index in [1.807, 2.05) is 62.4 Å². The summed E-state index contributed by atoms with van der Waals surface area (Å²) in [5, 5.41) is 12.8. The first-order valence-electron chi connectivity index (χ1n) is 15.9. The predicted octanol–water partition coefficient (Wildman–Crippen LogP) is 3.56. The largest absolute Gasteiger partial charge is 0.455 e. The number of carbonyl (C=O) groups is 4. The molecule has 3 aliphatic heterocycles. The van der Waals surface area contributed by atoms with Gasteiger partial charge in [-0.1, -0.05) is 54.6 Å². The fraction of sp³-hybridized carbons (Fsp3) is 0.444. The van der Waals surface area contributed by atoms with Gasteiger partial charge in [0.2, 0.25) is 11.8 Å².